The zero-order valence-electron chi connectivity index (χ0n) is 12.0. The number of carbonyl (C=O) groups is 1. The Bertz CT molecular complexity index is 507. The average molecular weight is 282 g/mol. The number of hydrogen-bond acceptors (Lipinski definition) is 2. The molecular weight excluding hydrogens is 262 g/mol. The second kappa shape index (κ2) is 5.87. The third-order valence-electron chi connectivity index (χ3n) is 4.01. The van der Waals surface area contributed by atoms with Crippen molar-refractivity contribution < 1.29 is 13.6 Å². The number of benzene rings is 1. The Kier molecular flexibility index (Phi) is 4.38. The van der Waals surface area contributed by atoms with Crippen LogP contribution < -0.4 is 5.32 Å². The molecule has 1 aromatic rings. The predicted octanol–water partition coefficient (Wildman–Crippen LogP) is 2.83. The fourth-order valence-electron chi connectivity index (χ4n) is 2.58. The molecule has 0 aliphatic carbocycles. The Morgan fingerprint density at radius 1 is 1.30 bits per heavy atom. The Morgan fingerprint density at radius 2 is 2.00 bits per heavy atom. The highest BCUT2D eigenvalue weighted by Gasteiger charge is 2.40. The maximum Gasteiger partial charge on any atom is 0.241 e. The summed E-state index contributed by atoms with van der Waals surface area (Å²) in [5.41, 5.74) is 0.574. The number of nitrogens with zero attached hydrogens (tertiary/aromatic N) is 1. The third kappa shape index (κ3) is 2.54. The number of halogens is 2. The Morgan fingerprint density at radius 3 is 2.55 bits per heavy atom. The summed E-state index contributed by atoms with van der Waals surface area (Å²) in [4.78, 5) is 14.0. The summed E-state index contributed by atoms with van der Waals surface area (Å²) in [7, 11) is 0. The fourth-order valence-corrected chi connectivity index (χ4v) is 2.58. The van der Waals surface area contributed by atoms with Crippen molar-refractivity contribution in [1.82, 2.24) is 10.2 Å². The van der Waals surface area contributed by atoms with Gasteiger partial charge in [-0.1, -0.05) is 26.3 Å². The van der Waals surface area contributed by atoms with Crippen LogP contribution in [-0.4, -0.2) is 23.4 Å². The van der Waals surface area contributed by atoms with Gasteiger partial charge in [-0.3, -0.25) is 10.1 Å². The van der Waals surface area contributed by atoms with Crippen molar-refractivity contribution in [2.24, 2.45) is 5.92 Å². The van der Waals surface area contributed by atoms with Gasteiger partial charge in [-0.25, -0.2) is 8.78 Å². The molecular formula is C15H20F2N2O. The van der Waals surface area contributed by atoms with Crippen LogP contribution in [0.1, 0.15) is 38.9 Å². The van der Waals surface area contributed by atoms with Crippen LogP contribution >= 0.6 is 0 Å². The molecule has 20 heavy (non-hydrogen) atoms. The number of rotatable bonds is 4. The molecule has 5 heteroatoms. The van der Waals surface area contributed by atoms with E-state index >= 15 is 0 Å². The molecule has 1 N–H and O–H groups in total. The van der Waals surface area contributed by atoms with E-state index in [1.807, 2.05) is 20.8 Å². The van der Waals surface area contributed by atoms with Gasteiger partial charge in [0.05, 0.1) is 6.04 Å². The second-order valence-electron chi connectivity index (χ2n) is 5.23. The van der Waals surface area contributed by atoms with Crippen molar-refractivity contribution in [2.75, 3.05) is 6.54 Å². The molecule has 1 heterocycles. The van der Waals surface area contributed by atoms with E-state index in [0.717, 1.165) is 18.6 Å². The Hall–Kier alpha value is -1.49. The average Bonchev–Trinajstić information content (AvgIpc) is 2.78. The minimum absolute atomic E-state index is 0.0246. The van der Waals surface area contributed by atoms with Crippen LogP contribution in [0.5, 0.6) is 0 Å². The van der Waals surface area contributed by atoms with Gasteiger partial charge in [-0.15, -0.1) is 0 Å². The monoisotopic (exact) mass is 282 g/mol. The lowest BCUT2D eigenvalue weighted by Crippen LogP contribution is -2.35. The predicted molar refractivity (Wildman–Crippen MR) is 72.9 cm³/mol. The highest BCUT2D eigenvalue weighted by molar-refractivity contribution is 5.84. The van der Waals surface area contributed by atoms with Crippen LogP contribution in [0.4, 0.5) is 8.78 Å². The van der Waals surface area contributed by atoms with Gasteiger partial charge >= 0.3 is 0 Å². The molecule has 3 nitrogen and oxygen atoms in total. The van der Waals surface area contributed by atoms with Crippen molar-refractivity contribution in [1.29, 1.82) is 0 Å². The molecule has 1 amide bonds. The zero-order valence-corrected chi connectivity index (χ0v) is 12.0. The summed E-state index contributed by atoms with van der Waals surface area (Å²) >= 11 is 0. The molecule has 2 rings (SSSR count). The van der Waals surface area contributed by atoms with Gasteiger partial charge in [-0.2, -0.15) is 0 Å². The quantitative estimate of drug-likeness (QED) is 0.921. The molecule has 3 unspecified atom stereocenters. The van der Waals surface area contributed by atoms with Gasteiger partial charge < -0.3 is 4.90 Å². The van der Waals surface area contributed by atoms with E-state index < -0.39 is 11.6 Å². The molecule has 1 aromatic carbocycles. The van der Waals surface area contributed by atoms with Crippen molar-refractivity contribution in [3.63, 3.8) is 0 Å². The number of nitrogens with one attached hydrogen (secondary N) is 1. The van der Waals surface area contributed by atoms with Gasteiger partial charge in [-0.05, 0) is 30.5 Å². The van der Waals surface area contributed by atoms with Gasteiger partial charge in [0.2, 0.25) is 5.91 Å². The molecule has 110 valence electrons. The van der Waals surface area contributed by atoms with E-state index in [4.69, 9.17) is 0 Å². The van der Waals surface area contributed by atoms with Crippen molar-refractivity contribution in [3.8, 4) is 0 Å². The number of carbonyl (C=O) groups excluding carboxylic acids is 1. The first-order valence-corrected chi connectivity index (χ1v) is 7.01. The molecule has 1 saturated heterocycles. The minimum atomic E-state index is -0.889. The molecule has 0 saturated carbocycles. The SMILES string of the molecule is CCC(C)C1NC(c2ccc(F)c(F)c2)N(CC)C1=O. The highest BCUT2D eigenvalue weighted by Crippen LogP contribution is 2.29. The topological polar surface area (TPSA) is 32.3 Å². The summed E-state index contributed by atoms with van der Waals surface area (Å²) in [5.74, 6) is -1.54. The number of likely N-dealkylation sites (N-methyl/N-ethyl adjacent to an activating group) is 1. The summed E-state index contributed by atoms with van der Waals surface area (Å²) < 4.78 is 26.4. The molecule has 3 atom stereocenters. The lowest BCUT2D eigenvalue weighted by atomic mass is 9.99. The molecule has 1 aliphatic heterocycles. The van der Waals surface area contributed by atoms with Crippen LogP contribution in [0.3, 0.4) is 0 Å². The van der Waals surface area contributed by atoms with E-state index in [1.165, 1.54) is 6.07 Å². The standard InChI is InChI=1S/C15H20F2N2O/c1-4-9(3)13-15(20)19(5-2)14(18-13)10-6-7-11(16)12(17)8-10/h6-9,13-14,18H,4-5H2,1-3H3. The van der Waals surface area contributed by atoms with Crippen LogP contribution in [0, 0.1) is 17.6 Å². The molecule has 0 bridgehead atoms. The molecule has 0 spiro atoms. The zero-order chi connectivity index (χ0) is 14.9. The van der Waals surface area contributed by atoms with E-state index in [0.29, 0.717) is 12.1 Å². The third-order valence-corrected chi connectivity index (χ3v) is 4.01. The van der Waals surface area contributed by atoms with Gasteiger partial charge in [0.25, 0.3) is 0 Å². The molecule has 1 aliphatic rings. The van der Waals surface area contributed by atoms with Gasteiger partial charge in [0.15, 0.2) is 11.6 Å². The first-order valence-electron chi connectivity index (χ1n) is 7.01. The molecule has 1 fully saturated rings. The fraction of sp³-hybridized carbons (Fsp3) is 0.533. The molecule has 0 aromatic heterocycles. The van der Waals surface area contributed by atoms with E-state index in [-0.39, 0.29) is 24.0 Å². The first kappa shape index (κ1) is 14.9. The van der Waals surface area contributed by atoms with Crippen LogP contribution in [0.15, 0.2) is 18.2 Å². The summed E-state index contributed by atoms with van der Waals surface area (Å²) in [5, 5.41) is 3.24. The largest absolute Gasteiger partial charge is 0.322 e. The number of hydrogen-bond donors (Lipinski definition) is 1. The van der Waals surface area contributed by atoms with E-state index in [1.54, 1.807) is 4.90 Å². The van der Waals surface area contributed by atoms with Crippen molar-refractivity contribution in [3.05, 3.63) is 35.4 Å². The lowest BCUT2D eigenvalue weighted by molar-refractivity contribution is -0.130. The first-order chi connectivity index (χ1) is 9.49. The Balaban J connectivity index is 2.30. The minimum Gasteiger partial charge on any atom is -0.322 e. The summed E-state index contributed by atoms with van der Waals surface area (Å²) in [6.07, 6.45) is 0.493. The van der Waals surface area contributed by atoms with Gasteiger partial charge in [0, 0.05) is 6.54 Å². The number of amides is 1. The van der Waals surface area contributed by atoms with Crippen LogP contribution in [-0.2, 0) is 4.79 Å². The molecule has 0 radical (unpaired) electrons. The summed E-state index contributed by atoms with van der Waals surface area (Å²) in [6.45, 7) is 6.45. The smallest absolute Gasteiger partial charge is 0.241 e. The lowest BCUT2D eigenvalue weighted by Gasteiger charge is -2.22. The second-order valence-corrected chi connectivity index (χ2v) is 5.23. The normalized spacial score (nSPS) is 24.2. The highest BCUT2D eigenvalue weighted by atomic mass is 19.2. The van der Waals surface area contributed by atoms with Crippen LogP contribution in [0.2, 0.25) is 0 Å². The van der Waals surface area contributed by atoms with Crippen LogP contribution in [0.25, 0.3) is 0 Å². The van der Waals surface area contributed by atoms with E-state index in [2.05, 4.69) is 5.32 Å². The maximum absolute atomic E-state index is 13.4. The maximum atomic E-state index is 13.4. The van der Waals surface area contributed by atoms with Crippen molar-refractivity contribution in [2.45, 2.75) is 39.4 Å². The summed E-state index contributed by atoms with van der Waals surface area (Å²) in [6, 6.07) is 3.51. The van der Waals surface area contributed by atoms with Gasteiger partial charge in [0.1, 0.15) is 6.17 Å². The Labute approximate surface area is 118 Å². The van der Waals surface area contributed by atoms with E-state index in [9.17, 15) is 13.6 Å². The van der Waals surface area contributed by atoms with Crippen molar-refractivity contribution >= 4 is 5.91 Å².